The van der Waals surface area contributed by atoms with Gasteiger partial charge in [0.25, 0.3) is 0 Å². The van der Waals surface area contributed by atoms with Crippen LogP contribution in [-0.2, 0) is 16.0 Å². The molecular formula is C13H23N3O3. The van der Waals surface area contributed by atoms with Gasteiger partial charge in [-0.2, -0.15) is 5.10 Å². The smallest absolute Gasteiger partial charge is 0.233 e. The summed E-state index contributed by atoms with van der Waals surface area (Å²) < 4.78 is 15.7. The van der Waals surface area contributed by atoms with Gasteiger partial charge in [0, 0.05) is 32.7 Å². The van der Waals surface area contributed by atoms with Gasteiger partial charge in [-0.1, -0.05) is 6.92 Å². The summed E-state index contributed by atoms with van der Waals surface area (Å²) in [4.78, 5) is 0. The van der Waals surface area contributed by atoms with Gasteiger partial charge in [-0.05, 0) is 12.6 Å². The van der Waals surface area contributed by atoms with E-state index < -0.39 is 0 Å². The van der Waals surface area contributed by atoms with Crippen LogP contribution in [0.2, 0.25) is 0 Å². The minimum absolute atomic E-state index is 0.553. The highest BCUT2D eigenvalue weighted by molar-refractivity contribution is 5.11. The largest absolute Gasteiger partial charge is 0.477 e. The summed E-state index contributed by atoms with van der Waals surface area (Å²) in [7, 11) is 1.66. The average molecular weight is 269 g/mol. The molecule has 0 saturated carbocycles. The van der Waals surface area contributed by atoms with Crippen LogP contribution in [0.5, 0.6) is 5.88 Å². The zero-order valence-electron chi connectivity index (χ0n) is 11.7. The summed E-state index contributed by atoms with van der Waals surface area (Å²) in [5, 5.41) is 11.3. The topological polar surface area (TPSA) is 65.5 Å². The summed E-state index contributed by atoms with van der Waals surface area (Å²) in [5.74, 6) is 0.553. The van der Waals surface area contributed by atoms with E-state index in [1.807, 2.05) is 12.1 Å². The number of hydrogen-bond acceptors (Lipinski definition) is 6. The Balaban J connectivity index is 2.09. The van der Waals surface area contributed by atoms with E-state index in [1.54, 1.807) is 7.11 Å². The lowest BCUT2D eigenvalue weighted by atomic mass is 10.4. The van der Waals surface area contributed by atoms with Crippen molar-refractivity contribution in [3.05, 3.63) is 17.8 Å². The van der Waals surface area contributed by atoms with Crippen molar-refractivity contribution < 1.29 is 14.2 Å². The molecule has 0 radical (unpaired) electrons. The first-order chi connectivity index (χ1) is 9.36. The van der Waals surface area contributed by atoms with E-state index in [0.29, 0.717) is 32.3 Å². The summed E-state index contributed by atoms with van der Waals surface area (Å²) in [6, 6.07) is 3.76. The Morgan fingerprint density at radius 3 is 2.68 bits per heavy atom. The van der Waals surface area contributed by atoms with Gasteiger partial charge < -0.3 is 19.5 Å². The highest BCUT2D eigenvalue weighted by Crippen LogP contribution is 2.05. The van der Waals surface area contributed by atoms with Crippen LogP contribution >= 0.6 is 0 Å². The number of nitrogens with zero attached hydrogens (tertiary/aromatic N) is 2. The first-order valence-electron chi connectivity index (χ1n) is 6.59. The highest BCUT2D eigenvalue weighted by Gasteiger charge is 1.98. The molecule has 0 aromatic carbocycles. The second kappa shape index (κ2) is 10.7. The molecule has 19 heavy (non-hydrogen) atoms. The molecule has 1 N–H and O–H groups in total. The summed E-state index contributed by atoms with van der Waals surface area (Å²) in [6.45, 7) is 6.19. The van der Waals surface area contributed by atoms with Crippen molar-refractivity contribution in [2.45, 2.75) is 19.9 Å². The van der Waals surface area contributed by atoms with Crippen LogP contribution in [-0.4, -0.2) is 50.3 Å². The van der Waals surface area contributed by atoms with E-state index in [0.717, 1.165) is 25.2 Å². The Morgan fingerprint density at radius 1 is 1.11 bits per heavy atom. The minimum Gasteiger partial charge on any atom is -0.477 e. The standard InChI is InChI=1S/C13H23N3O3/c1-3-14-11-12-5-6-13(16-15-12)19-8-4-7-18-10-9-17-2/h5-6,14H,3-4,7-11H2,1-2H3. The second-order valence-corrected chi connectivity index (χ2v) is 3.95. The van der Waals surface area contributed by atoms with Gasteiger partial charge in [-0.25, -0.2) is 0 Å². The van der Waals surface area contributed by atoms with Gasteiger partial charge in [-0.3, -0.25) is 0 Å². The lowest BCUT2D eigenvalue weighted by Gasteiger charge is -2.06. The van der Waals surface area contributed by atoms with E-state index in [9.17, 15) is 0 Å². The number of rotatable bonds is 11. The molecule has 6 nitrogen and oxygen atoms in total. The van der Waals surface area contributed by atoms with Crippen molar-refractivity contribution in [2.75, 3.05) is 40.1 Å². The molecule has 1 rings (SSSR count). The number of hydrogen-bond donors (Lipinski definition) is 1. The molecular weight excluding hydrogens is 246 g/mol. The Kier molecular flexibility index (Phi) is 8.87. The van der Waals surface area contributed by atoms with Crippen LogP contribution < -0.4 is 10.1 Å². The van der Waals surface area contributed by atoms with E-state index in [4.69, 9.17) is 14.2 Å². The van der Waals surface area contributed by atoms with Crippen molar-refractivity contribution in [3.63, 3.8) is 0 Å². The minimum atomic E-state index is 0.553. The fourth-order valence-corrected chi connectivity index (χ4v) is 1.35. The van der Waals surface area contributed by atoms with Crippen LogP contribution in [0.4, 0.5) is 0 Å². The van der Waals surface area contributed by atoms with Gasteiger partial charge in [-0.15, -0.1) is 5.10 Å². The van der Waals surface area contributed by atoms with Crippen molar-refractivity contribution in [1.29, 1.82) is 0 Å². The van der Waals surface area contributed by atoms with Crippen LogP contribution in [0.1, 0.15) is 19.0 Å². The molecule has 0 unspecified atom stereocenters. The predicted octanol–water partition coefficient (Wildman–Crippen LogP) is 1.02. The van der Waals surface area contributed by atoms with Crippen molar-refractivity contribution in [3.8, 4) is 5.88 Å². The monoisotopic (exact) mass is 269 g/mol. The van der Waals surface area contributed by atoms with Crippen LogP contribution in [0.15, 0.2) is 12.1 Å². The lowest BCUT2D eigenvalue weighted by Crippen LogP contribution is -2.13. The van der Waals surface area contributed by atoms with E-state index >= 15 is 0 Å². The maximum Gasteiger partial charge on any atom is 0.233 e. The second-order valence-electron chi connectivity index (χ2n) is 3.95. The van der Waals surface area contributed by atoms with E-state index in [2.05, 4.69) is 22.4 Å². The quantitative estimate of drug-likeness (QED) is 0.605. The highest BCUT2D eigenvalue weighted by atomic mass is 16.5. The van der Waals surface area contributed by atoms with Gasteiger partial charge >= 0.3 is 0 Å². The molecule has 108 valence electrons. The predicted molar refractivity (Wildman–Crippen MR) is 72.2 cm³/mol. The molecule has 6 heteroatoms. The average Bonchev–Trinajstić information content (AvgIpc) is 2.45. The third kappa shape index (κ3) is 7.71. The van der Waals surface area contributed by atoms with Crippen molar-refractivity contribution in [2.24, 2.45) is 0 Å². The molecule has 0 atom stereocenters. The summed E-state index contributed by atoms with van der Waals surface area (Å²) in [6.07, 6.45) is 0.824. The fourth-order valence-electron chi connectivity index (χ4n) is 1.35. The third-order valence-electron chi connectivity index (χ3n) is 2.37. The SMILES string of the molecule is CCNCc1ccc(OCCCOCCOC)nn1. The molecule has 1 heterocycles. The molecule has 0 amide bonds. The molecule has 1 aromatic heterocycles. The summed E-state index contributed by atoms with van der Waals surface area (Å²) in [5.41, 5.74) is 0.914. The first-order valence-corrected chi connectivity index (χ1v) is 6.59. The number of ether oxygens (including phenoxy) is 3. The Morgan fingerprint density at radius 2 is 2.00 bits per heavy atom. The molecule has 0 spiro atoms. The van der Waals surface area contributed by atoms with Gasteiger partial charge in [0.1, 0.15) is 0 Å². The van der Waals surface area contributed by atoms with Gasteiger partial charge in [0.2, 0.25) is 5.88 Å². The fraction of sp³-hybridized carbons (Fsp3) is 0.692. The maximum absolute atomic E-state index is 5.47. The molecule has 1 aromatic rings. The Hall–Kier alpha value is -1.24. The maximum atomic E-state index is 5.47. The lowest BCUT2D eigenvalue weighted by molar-refractivity contribution is 0.0641. The van der Waals surface area contributed by atoms with Crippen LogP contribution in [0, 0.1) is 0 Å². The van der Waals surface area contributed by atoms with Crippen molar-refractivity contribution >= 4 is 0 Å². The zero-order chi connectivity index (χ0) is 13.8. The molecule has 0 aliphatic carbocycles. The van der Waals surface area contributed by atoms with Crippen LogP contribution in [0.25, 0.3) is 0 Å². The third-order valence-corrected chi connectivity index (χ3v) is 2.37. The molecule has 0 aliphatic heterocycles. The van der Waals surface area contributed by atoms with E-state index in [1.165, 1.54) is 0 Å². The molecule has 0 fully saturated rings. The van der Waals surface area contributed by atoms with Gasteiger partial charge in [0.05, 0.1) is 25.5 Å². The number of nitrogens with one attached hydrogen (secondary N) is 1. The molecule has 0 bridgehead atoms. The molecule has 0 saturated heterocycles. The normalized spacial score (nSPS) is 10.6. The number of aromatic nitrogens is 2. The summed E-state index contributed by atoms with van der Waals surface area (Å²) >= 11 is 0. The zero-order valence-corrected chi connectivity index (χ0v) is 11.7. The first kappa shape index (κ1) is 15.8. The van der Waals surface area contributed by atoms with E-state index in [-0.39, 0.29) is 0 Å². The Bertz CT molecular complexity index is 319. The number of methoxy groups -OCH3 is 1. The Labute approximate surface area is 114 Å². The van der Waals surface area contributed by atoms with Crippen LogP contribution in [0.3, 0.4) is 0 Å². The van der Waals surface area contributed by atoms with Crippen molar-refractivity contribution in [1.82, 2.24) is 15.5 Å². The molecule has 0 aliphatic rings. The van der Waals surface area contributed by atoms with Gasteiger partial charge in [0.15, 0.2) is 0 Å².